The lowest BCUT2D eigenvalue weighted by Gasteiger charge is -2.20. The lowest BCUT2D eigenvalue weighted by atomic mass is 10.2. The zero-order valence-corrected chi connectivity index (χ0v) is 17.7. The smallest absolute Gasteiger partial charge is 0.242 e. The van der Waals surface area contributed by atoms with E-state index in [-0.39, 0.29) is 10.8 Å². The molecular formula is C19H30N4O3S. The van der Waals surface area contributed by atoms with Crippen molar-refractivity contribution in [1.29, 1.82) is 0 Å². The van der Waals surface area contributed by atoms with Gasteiger partial charge in [0.25, 0.3) is 0 Å². The van der Waals surface area contributed by atoms with Gasteiger partial charge in [0.15, 0.2) is 0 Å². The van der Waals surface area contributed by atoms with Gasteiger partial charge in [-0.25, -0.2) is 17.7 Å². The first-order valence-electron chi connectivity index (χ1n) is 9.38. The van der Waals surface area contributed by atoms with Gasteiger partial charge in [-0.1, -0.05) is 13.3 Å². The van der Waals surface area contributed by atoms with Crippen LogP contribution in [0.15, 0.2) is 23.1 Å². The first-order valence-corrected chi connectivity index (χ1v) is 10.8. The fourth-order valence-corrected chi connectivity index (χ4v) is 3.93. The minimum Gasteiger partial charge on any atom is -0.343 e. The van der Waals surface area contributed by atoms with Gasteiger partial charge in [-0.3, -0.25) is 4.79 Å². The molecule has 0 aliphatic carbocycles. The van der Waals surface area contributed by atoms with E-state index in [9.17, 15) is 13.2 Å². The molecule has 8 heteroatoms. The number of amides is 1. The van der Waals surface area contributed by atoms with Gasteiger partial charge < -0.3 is 9.47 Å². The molecular weight excluding hydrogens is 364 g/mol. The molecule has 0 saturated carbocycles. The molecule has 0 unspecified atom stereocenters. The number of hydrogen-bond acceptors (Lipinski definition) is 4. The number of imidazole rings is 1. The zero-order valence-electron chi connectivity index (χ0n) is 16.9. The Balaban J connectivity index is 2.20. The topological polar surface area (TPSA) is 75.5 Å². The highest BCUT2D eigenvalue weighted by Crippen LogP contribution is 2.22. The average molecular weight is 395 g/mol. The minimum absolute atomic E-state index is 0.133. The first-order chi connectivity index (χ1) is 12.7. The van der Waals surface area contributed by atoms with Gasteiger partial charge in [-0.2, -0.15) is 0 Å². The maximum absolute atomic E-state index is 12.4. The quantitative estimate of drug-likeness (QED) is 0.654. The Bertz CT molecular complexity index is 903. The summed E-state index contributed by atoms with van der Waals surface area (Å²) < 4.78 is 27.8. The molecule has 0 aliphatic heterocycles. The first kappa shape index (κ1) is 21.4. The zero-order chi connectivity index (χ0) is 20.2. The van der Waals surface area contributed by atoms with Crippen molar-refractivity contribution < 1.29 is 13.2 Å². The second kappa shape index (κ2) is 8.84. The van der Waals surface area contributed by atoms with Crippen molar-refractivity contribution in [2.24, 2.45) is 7.05 Å². The molecule has 2 aromatic rings. The Labute approximate surface area is 162 Å². The predicted molar refractivity (Wildman–Crippen MR) is 107 cm³/mol. The van der Waals surface area contributed by atoms with E-state index in [2.05, 4.69) is 11.9 Å². The maximum Gasteiger partial charge on any atom is 0.242 e. The molecule has 1 aromatic heterocycles. The van der Waals surface area contributed by atoms with Gasteiger partial charge in [0, 0.05) is 47.1 Å². The van der Waals surface area contributed by atoms with Crippen LogP contribution >= 0.6 is 0 Å². The number of nitrogens with zero attached hydrogens (tertiary/aromatic N) is 4. The second-order valence-corrected chi connectivity index (χ2v) is 9.00. The molecule has 27 heavy (non-hydrogen) atoms. The predicted octanol–water partition coefficient (Wildman–Crippen LogP) is 2.40. The number of carbonyl (C=O) groups is 1. The maximum atomic E-state index is 12.4. The van der Waals surface area contributed by atoms with Crippen LogP contribution in [0.5, 0.6) is 0 Å². The number of fused-ring (bicyclic) bond motifs is 1. The van der Waals surface area contributed by atoms with Crippen molar-refractivity contribution in [2.75, 3.05) is 27.2 Å². The number of hydrogen-bond donors (Lipinski definition) is 0. The average Bonchev–Trinajstić information content (AvgIpc) is 2.95. The highest BCUT2D eigenvalue weighted by Gasteiger charge is 2.19. The summed E-state index contributed by atoms with van der Waals surface area (Å²) in [5.74, 6) is 0.915. The van der Waals surface area contributed by atoms with E-state index in [0.29, 0.717) is 24.9 Å². The Kier molecular flexibility index (Phi) is 7.00. The van der Waals surface area contributed by atoms with E-state index in [4.69, 9.17) is 0 Å². The van der Waals surface area contributed by atoms with Gasteiger partial charge >= 0.3 is 0 Å². The molecule has 1 amide bonds. The fourth-order valence-electron chi connectivity index (χ4n) is 3.01. The highest BCUT2D eigenvalue weighted by atomic mass is 32.2. The van der Waals surface area contributed by atoms with Crippen LogP contribution in [0.4, 0.5) is 0 Å². The summed E-state index contributed by atoms with van der Waals surface area (Å²) in [6, 6.07) is 4.96. The van der Waals surface area contributed by atoms with Crippen molar-refractivity contribution >= 4 is 27.0 Å². The SMILES string of the molecule is CCCCN(CC)C(=O)CCc1nc2cc(S(=O)(=O)N(C)C)ccc2n1C. The van der Waals surface area contributed by atoms with Crippen LogP contribution in [0, 0.1) is 0 Å². The van der Waals surface area contributed by atoms with Crippen LogP contribution in [0.1, 0.15) is 38.9 Å². The number of aryl methyl sites for hydroxylation is 2. The molecule has 0 spiro atoms. The number of aromatic nitrogens is 2. The molecule has 0 N–H and O–H groups in total. The van der Waals surface area contributed by atoms with Crippen molar-refractivity contribution in [3.63, 3.8) is 0 Å². The van der Waals surface area contributed by atoms with Crippen LogP contribution in [0.25, 0.3) is 11.0 Å². The molecule has 1 aromatic carbocycles. The monoisotopic (exact) mass is 394 g/mol. The molecule has 0 atom stereocenters. The molecule has 0 radical (unpaired) electrons. The largest absolute Gasteiger partial charge is 0.343 e. The Morgan fingerprint density at radius 2 is 1.93 bits per heavy atom. The van der Waals surface area contributed by atoms with Gasteiger partial charge in [0.1, 0.15) is 5.82 Å². The third-order valence-corrected chi connectivity index (χ3v) is 6.61. The summed E-state index contributed by atoms with van der Waals surface area (Å²) in [5, 5.41) is 0. The minimum atomic E-state index is -3.50. The van der Waals surface area contributed by atoms with Crippen LogP contribution in [0.3, 0.4) is 0 Å². The third kappa shape index (κ3) is 4.68. The summed E-state index contributed by atoms with van der Waals surface area (Å²) in [6.07, 6.45) is 3.00. The molecule has 0 fully saturated rings. The molecule has 0 bridgehead atoms. The summed E-state index contributed by atoms with van der Waals surface area (Å²) in [7, 11) is 1.41. The highest BCUT2D eigenvalue weighted by molar-refractivity contribution is 7.89. The molecule has 0 saturated heterocycles. The van der Waals surface area contributed by atoms with E-state index >= 15 is 0 Å². The van der Waals surface area contributed by atoms with Crippen LogP contribution in [0.2, 0.25) is 0 Å². The molecule has 1 heterocycles. The van der Waals surface area contributed by atoms with E-state index in [0.717, 1.165) is 30.7 Å². The van der Waals surface area contributed by atoms with E-state index < -0.39 is 10.0 Å². The number of benzene rings is 1. The van der Waals surface area contributed by atoms with Crippen molar-refractivity contribution in [2.45, 2.75) is 44.4 Å². The molecule has 150 valence electrons. The number of carbonyl (C=O) groups excluding carboxylic acids is 1. The lowest BCUT2D eigenvalue weighted by molar-refractivity contribution is -0.131. The third-order valence-electron chi connectivity index (χ3n) is 4.80. The van der Waals surface area contributed by atoms with Gasteiger partial charge in [0.2, 0.25) is 15.9 Å². The Hall–Kier alpha value is -1.93. The van der Waals surface area contributed by atoms with Crippen molar-refractivity contribution in [3.8, 4) is 0 Å². The number of sulfonamides is 1. The van der Waals surface area contributed by atoms with Crippen LogP contribution in [-0.4, -0.2) is 60.3 Å². The van der Waals surface area contributed by atoms with Crippen LogP contribution in [-0.2, 0) is 28.3 Å². The summed E-state index contributed by atoms with van der Waals surface area (Å²) >= 11 is 0. The summed E-state index contributed by atoms with van der Waals surface area (Å²) in [6.45, 7) is 5.62. The van der Waals surface area contributed by atoms with E-state index in [1.165, 1.54) is 18.4 Å². The Morgan fingerprint density at radius 3 is 2.52 bits per heavy atom. The van der Waals surface area contributed by atoms with Gasteiger partial charge in [0.05, 0.1) is 15.9 Å². The summed E-state index contributed by atoms with van der Waals surface area (Å²) in [4.78, 5) is 19.1. The summed E-state index contributed by atoms with van der Waals surface area (Å²) in [5.41, 5.74) is 1.48. The molecule has 7 nitrogen and oxygen atoms in total. The van der Waals surface area contributed by atoms with E-state index in [1.807, 2.05) is 23.4 Å². The number of rotatable bonds is 9. The normalized spacial score (nSPS) is 12.1. The standard InChI is InChI=1S/C19H30N4O3S/c1-6-8-13-23(7-2)19(24)12-11-18-20-16-14-15(27(25,26)21(3)4)9-10-17(16)22(18)5/h9-10,14H,6-8,11-13H2,1-5H3. The van der Waals surface area contributed by atoms with Crippen LogP contribution < -0.4 is 0 Å². The van der Waals surface area contributed by atoms with E-state index in [1.54, 1.807) is 18.2 Å². The van der Waals surface area contributed by atoms with Gasteiger partial charge in [-0.15, -0.1) is 0 Å². The molecule has 0 aliphatic rings. The lowest BCUT2D eigenvalue weighted by Crippen LogP contribution is -2.32. The van der Waals surface area contributed by atoms with Crippen molar-refractivity contribution in [1.82, 2.24) is 18.8 Å². The van der Waals surface area contributed by atoms with Gasteiger partial charge in [-0.05, 0) is 31.5 Å². The second-order valence-electron chi connectivity index (χ2n) is 6.85. The molecule has 2 rings (SSSR count). The number of unbranched alkanes of at least 4 members (excludes halogenated alkanes) is 1. The Morgan fingerprint density at radius 1 is 1.22 bits per heavy atom. The van der Waals surface area contributed by atoms with Crippen molar-refractivity contribution in [3.05, 3.63) is 24.0 Å². The fraction of sp³-hybridized carbons (Fsp3) is 0.579.